The number of amides is 1. The lowest BCUT2D eigenvalue weighted by molar-refractivity contribution is -0.803. The molecule has 2 aromatic rings. The molecule has 0 radical (unpaired) electrons. The number of phenolic OH excluding ortho intramolecular Hbond substituents is 1. The minimum atomic E-state index is -1.06. The summed E-state index contributed by atoms with van der Waals surface area (Å²) >= 11 is 0. The molecule has 0 aliphatic carbocycles. The van der Waals surface area contributed by atoms with Crippen molar-refractivity contribution >= 4 is 11.9 Å². The van der Waals surface area contributed by atoms with Crippen molar-refractivity contribution in [2.75, 3.05) is 0 Å². The first-order valence-electron chi connectivity index (χ1n) is 5.34. The first-order chi connectivity index (χ1) is 9.50. The second-order valence-electron chi connectivity index (χ2n) is 3.68. The van der Waals surface area contributed by atoms with E-state index in [1.807, 2.05) is 0 Å². The quantitative estimate of drug-likeness (QED) is 0.565. The van der Waals surface area contributed by atoms with Crippen molar-refractivity contribution in [1.82, 2.24) is 5.16 Å². The van der Waals surface area contributed by atoms with Gasteiger partial charge in [0, 0.05) is 5.16 Å². The molecule has 3 N–H and O–H groups in total. The molecule has 1 heterocycles. The standard InChI is InChI=1S/C11H9N3O6/c12-10(16)9-7(13-20-14(9)18)5-19-11(17)6-3-1-2-4-8(6)15/h1-4,15H,5H2,(H2,12,16). The zero-order chi connectivity index (χ0) is 14.7. The van der Waals surface area contributed by atoms with Crippen molar-refractivity contribution in [3.63, 3.8) is 0 Å². The third-order valence-corrected chi connectivity index (χ3v) is 2.38. The van der Waals surface area contributed by atoms with Crippen molar-refractivity contribution in [2.24, 2.45) is 5.73 Å². The van der Waals surface area contributed by atoms with Gasteiger partial charge in [-0.15, -0.1) is 0 Å². The monoisotopic (exact) mass is 279 g/mol. The highest BCUT2D eigenvalue weighted by Gasteiger charge is 2.26. The molecular weight excluding hydrogens is 270 g/mol. The van der Waals surface area contributed by atoms with Gasteiger partial charge in [-0.05, 0) is 17.0 Å². The van der Waals surface area contributed by atoms with E-state index in [-0.39, 0.29) is 21.9 Å². The van der Waals surface area contributed by atoms with Gasteiger partial charge in [-0.1, -0.05) is 12.1 Å². The van der Waals surface area contributed by atoms with Crippen LogP contribution in [0, 0.1) is 5.21 Å². The van der Waals surface area contributed by atoms with Gasteiger partial charge in [-0.2, -0.15) is 0 Å². The van der Waals surface area contributed by atoms with E-state index in [2.05, 4.69) is 9.79 Å². The first kappa shape index (κ1) is 13.3. The number of para-hydroxylation sites is 1. The zero-order valence-electron chi connectivity index (χ0n) is 9.98. The topological polar surface area (TPSA) is 143 Å². The molecule has 1 amide bonds. The average molecular weight is 279 g/mol. The Hall–Kier alpha value is -3.10. The number of rotatable bonds is 4. The second kappa shape index (κ2) is 5.26. The maximum atomic E-state index is 11.7. The van der Waals surface area contributed by atoms with Crippen molar-refractivity contribution in [1.29, 1.82) is 0 Å². The summed E-state index contributed by atoms with van der Waals surface area (Å²) in [6.45, 7) is -0.496. The van der Waals surface area contributed by atoms with Crippen LogP contribution in [-0.2, 0) is 11.3 Å². The molecule has 9 heteroatoms. The molecule has 0 atom stereocenters. The lowest BCUT2D eigenvalue weighted by atomic mass is 10.2. The number of carbonyl (C=O) groups is 2. The highest BCUT2D eigenvalue weighted by atomic mass is 16.8. The predicted octanol–water partition coefficient (Wildman–Crippen LogP) is -0.530. The summed E-state index contributed by atoms with van der Waals surface area (Å²) in [6.07, 6.45) is 0. The van der Waals surface area contributed by atoms with E-state index in [9.17, 15) is 19.9 Å². The number of hydrogen-bond donors (Lipinski definition) is 2. The Balaban J connectivity index is 2.12. The molecule has 2 rings (SSSR count). The summed E-state index contributed by atoms with van der Waals surface area (Å²) < 4.78 is 9.01. The van der Waals surface area contributed by atoms with Crippen LogP contribution in [-0.4, -0.2) is 22.1 Å². The molecule has 0 spiro atoms. The molecule has 0 saturated carbocycles. The smallest absolute Gasteiger partial charge is 0.342 e. The van der Waals surface area contributed by atoms with Gasteiger partial charge in [-0.3, -0.25) is 9.42 Å². The van der Waals surface area contributed by atoms with Crippen molar-refractivity contribution in [3.8, 4) is 5.75 Å². The Morgan fingerprint density at radius 1 is 1.45 bits per heavy atom. The fourth-order valence-electron chi connectivity index (χ4n) is 1.46. The molecule has 104 valence electrons. The Kier molecular flexibility index (Phi) is 3.51. The fourth-order valence-corrected chi connectivity index (χ4v) is 1.46. The van der Waals surface area contributed by atoms with E-state index < -0.39 is 24.2 Å². The molecule has 20 heavy (non-hydrogen) atoms. The summed E-state index contributed by atoms with van der Waals surface area (Å²) in [4.78, 5) is 22.5. The highest BCUT2D eigenvalue weighted by molar-refractivity contribution is 5.92. The molecule has 9 nitrogen and oxygen atoms in total. The van der Waals surface area contributed by atoms with Crippen LogP contribution in [0.25, 0.3) is 0 Å². The van der Waals surface area contributed by atoms with Crippen LogP contribution in [0.2, 0.25) is 0 Å². The molecular formula is C11H9N3O6. The van der Waals surface area contributed by atoms with E-state index in [0.717, 1.165) is 0 Å². The first-order valence-corrected chi connectivity index (χ1v) is 5.34. The fraction of sp³-hybridized carbons (Fsp3) is 0.0909. The van der Waals surface area contributed by atoms with Crippen LogP contribution >= 0.6 is 0 Å². The number of ether oxygens (including phenoxy) is 1. The van der Waals surface area contributed by atoms with E-state index in [1.165, 1.54) is 24.3 Å². The third-order valence-electron chi connectivity index (χ3n) is 2.38. The molecule has 0 bridgehead atoms. The van der Waals surface area contributed by atoms with Gasteiger partial charge in [0.25, 0.3) is 17.3 Å². The van der Waals surface area contributed by atoms with Crippen molar-refractivity contribution < 1.29 is 29.0 Å². The van der Waals surface area contributed by atoms with Crippen LogP contribution in [0.15, 0.2) is 28.9 Å². The lowest BCUT2D eigenvalue weighted by Gasteiger charge is -2.03. The maximum absolute atomic E-state index is 11.7. The van der Waals surface area contributed by atoms with Gasteiger partial charge in [0.2, 0.25) is 0 Å². The predicted molar refractivity (Wildman–Crippen MR) is 61.2 cm³/mol. The van der Waals surface area contributed by atoms with Gasteiger partial charge >= 0.3 is 5.97 Å². The molecule has 0 fully saturated rings. The van der Waals surface area contributed by atoms with Crippen molar-refractivity contribution in [2.45, 2.75) is 6.61 Å². The number of esters is 1. The van der Waals surface area contributed by atoms with Crippen LogP contribution in [0.1, 0.15) is 26.5 Å². The number of primary amides is 1. The molecule has 0 aliphatic rings. The van der Waals surface area contributed by atoms with Gasteiger partial charge in [0.05, 0.1) is 0 Å². The SMILES string of the molecule is NC(=O)c1c(COC(=O)c2ccccc2O)no[n+]1[O-]. The van der Waals surface area contributed by atoms with Crippen LogP contribution in [0.4, 0.5) is 0 Å². The molecule has 1 aromatic carbocycles. The molecule has 1 aromatic heterocycles. The van der Waals surface area contributed by atoms with E-state index >= 15 is 0 Å². The number of aromatic nitrogens is 2. The van der Waals surface area contributed by atoms with Crippen LogP contribution < -0.4 is 10.6 Å². The normalized spacial score (nSPS) is 10.2. The second-order valence-corrected chi connectivity index (χ2v) is 3.68. The van der Waals surface area contributed by atoms with E-state index in [1.54, 1.807) is 0 Å². The summed E-state index contributed by atoms with van der Waals surface area (Å²) in [5.41, 5.74) is 4.14. The Morgan fingerprint density at radius 2 is 2.15 bits per heavy atom. The largest absolute Gasteiger partial charge is 0.507 e. The minimum Gasteiger partial charge on any atom is -0.507 e. The average Bonchev–Trinajstić information content (AvgIpc) is 2.78. The van der Waals surface area contributed by atoms with Gasteiger partial charge < -0.3 is 20.8 Å². The summed E-state index contributed by atoms with van der Waals surface area (Å²) in [5, 5.41) is 23.8. The Morgan fingerprint density at radius 3 is 2.80 bits per heavy atom. The Bertz CT molecular complexity index is 666. The minimum absolute atomic E-state index is 0.0633. The number of hydrogen-bond acceptors (Lipinski definition) is 7. The molecule has 0 saturated heterocycles. The summed E-state index contributed by atoms with van der Waals surface area (Å²) in [7, 11) is 0. The van der Waals surface area contributed by atoms with Gasteiger partial charge in [-0.25, -0.2) is 4.79 Å². The summed E-state index contributed by atoms with van der Waals surface area (Å²) in [5.74, 6) is -2.17. The van der Waals surface area contributed by atoms with E-state index in [4.69, 9.17) is 10.5 Å². The number of phenols is 1. The van der Waals surface area contributed by atoms with E-state index in [0.29, 0.717) is 0 Å². The zero-order valence-corrected chi connectivity index (χ0v) is 9.98. The molecule has 0 unspecified atom stereocenters. The number of aromatic hydroxyl groups is 1. The van der Waals surface area contributed by atoms with Gasteiger partial charge in [0.1, 0.15) is 11.3 Å². The van der Waals surface area contributed by atoms with Crippen molar-refractivity contribution in [3.05, 3.63) is 46.4 Å². The number of nitrogens with two attached hydrogens (primary N) is 1. The number of benzene rings is 1. The van der Waals surface area contributed by atoms with Crippen LogP contribution in [0.3, 0.4) is 0 Å². The Labute approximate surface area is 111 Å². The third kappa shape index (κ3) is 2.51. The summed E-state index contributed by atoms with van der Waals surface area (Å²) in [6, 6.07) is 5.73. The van der Waals surface area contributed by atoms with Gasteiger partial charge in [0.15, 0.2) is 6.61 Å². The molecule has 0 aliphatic heterocycles. The number of carbonyl (C=O) groups excluding carboxylic acids is 2. The lowest BCUT2D eigenvalue weighted by Crippen LogP contribution is -2.35. The highest BCUT2D eigenvalue weighted by Crippen LogP contribution is 2.17. The van der Waals surface area contributed by atoms with Crippen LogP contribution in [0.5, 0.6) is 5.75 Å². The maximum Gasteiger partial charge on any atom is 0.342 e. The number of nitrogens with zero attached hydrogens (tertiary/aromatic N) is 2.